The molecule has 2 rings (SSSR count). The number of fused-ring (bicyclic) bond motifs is 1. The Kier molecular flexibility index (Phi) is 3.15. The first-order chi connectivity index (χ1) is 8.02. The minimum atomic E-state index is -2.63. The molecular weight excluding hydrogens is 248 g/mol. The summed E-state index contributed by atoms with van der Waals surface area (Å²) in [7, 11) is 1.54. The van der Waals surface area contributed by atoms with Crippen LogP contribution in [-0.4, -0.2) is 12.1 Å². The van der Waals surface area contributed by atoms with Gasteiger partial charge in [-0.15, -0.1) is 0 Å². The van der Waals surface area contributed by atoms with Crippen molar-refractivity contribution in [1.82, 2.24) is 4.98 Å². The lowest BCUT2D eigenvalue weighted by Crippen LogP contribution is -1.94. The van der Waals surface area contributed by atoms with Crippen molar-refractivity contribution in [2.24, 2.45) is 0 Å². The lowest BCUT2D eigenvalue weighted by Gasteiger charge is -2.09. The third-order valence-electron chi connectivity index (χ3n) is 2.51. The molecule has 1 aromatic carbocycles. The Balaban J connectivity index is 2.76. The first kappa shape index (κ1) is 12.0. The average Bonchev–Trinajstić information content (AvgIpc) is 2.29. The van der Waals surface area contributed by atoms with Crippen LogP contribution in [0.1, 0.15) is 17.7 Å². The van der Waals surface area contributed by atoms with E-state index >= 15 is 0 Å². The number of halogens is 3. The molecule has 0 unspecified atom stereocenters. The standard InChI is InChI=1S/C12H10ClF2NO/c1-6-3-7(17-2)4-8-9(13)5-10(12(14)15)16-11(6)8/h3-5,12H,1-2H3. The van der Waals surface area contributed by atoms with Crippen molar-refractivity contribution in [2.45, 2.75) is 13.3 Å². The number of benzene rings is 1. The maximum Gasteiger partial charge on any atom is 0.280 e. The Hall–Kier alpha value is -1.42. The van der Waals surface area contributed by atoms with Crippen LogP contribution in [0.4, 0.5) is 8.78 Å². The van der Waals surface area contributed by atoms with E-state index in [1.54, 1.807) is 19.1 Å². The second-order valence-electron chi connectivity index (χ2n) is 3.67. The molecule has 90 valence electrons. The summed E-state index contributed by atoms with van der Waals surface area (Å²) in [5, 5.41) is 0.875. The predicted octanol–water partition coefficient (Wildman–Crippen LogP) is 4.14. The van der Waals surface area contributed by atoms with Crippen LogP contribution in [0.15, 0.2) is 18.2 Å². The highest BCUT2D eigenvalue weighted by atomic mass is 35.5. The number of alkyl halides is 2. The summed E-state index contributed by atoms with van der Waals surface area (Å²) in [6, 6.07) is 4.61. The number of aromatic nitrogens is 1. The number of ether oxygens (including phenoxy) is 1. The SMILES string of the molecule is COc1cc(C)c2nc(C(F)F)cc(Cl)c2c1. The molecule has 0 bridgehead atoms. The van der Waals surface area contributed by atoms with Crippen molar-refractivity contribution in [2.75, 3.05) is 7.11 Å². The van der Waals surface area contributed by atoms with Gasteiger partial charge in [-0.3, -0.25) is 0 Å². The molecular formula is C12H10ClF2NO. The van der Waals surface area contributed by atoms with Gasteiger partial charge in [0.2, 0.25) is 0 Å². The third-order valence-corrected chi connectivity index (χ3v) is 2.82. The number of aryl methyl sites for hydroxylation is 1. The molecule has 0 spiro atoms. The van der Waals surface area contributed by atoms with Crippen molar-refractivity contribution >= 4 is 22.5 Å². The molecule has 0 saturated carbocycles. The number of hydrogen-bond acceptors (Lipinski definition) is 2. The van der Waals surface area contributed by atoms with E-state index in [2.05, 4.69) is 4.98 Å². The van der Waals surface area contributed by atoms with E-state index in [0.29, 0.717) is 16.7 Å². The first-order valence-electron chi connectivity index (χ1n) is 4.96. The molecule has 0 fully saturated rings. The number of pyridine rings is 1. The molecule has 0 aliphatic carbocycles. The van der Waals surface area contributed by atoms with Gasteiger partial charge in [0.1, 0.15) is 11.4 Å². The third kappa shape index (κ3) is 2.17. The molecule has 2 nitrogen and oxygen atoms in total. The maximum atomic E-state index is 12.6. The zero-order valence-corrected chi connectivity index (χ0v) is 10.1. The van der Waals surface area contributed by atoms with E-state index in [9.17, 15) is 8.78 Å². The number of hydrogen-bond donors (Lipinski definition) is 0. The maximum absolute atomic E-state index is 12.6. The second kappa shape index (κ2) is 4.45. The van der Waals surface area contributed by atoms with Gasteiger partial charge in [0, 0.05) is 5.39 Å². The van der Waals surface area contributed by atoms with Crippen molar-refractivity contribution in [3.05, 3.63) is 34.5 Å². The highest BCUT2D eigenvalue weighted by Gasteiger charge is 2.14. The van der Waals surface area contributed by atoms with Gasteiger partial charge in [0.05, 0.1) is 17.6 Å². The Bertz CT molecular complexity index is 572. The summed E-state index contributed by atoms with van der Waals surface area (Å²) in [4.78, 5) is 3.92. The van der Waals surface area contributed by atoms with Gasteiger partial charge < -0.3 is 4.74 Å². The van der Waals surface area contributed by atoms with Crippen LogP contribution in [0.2, 0.25) is 5.02 Å². The molecule has 5 heteroatoms. The van der Waals surface area contributed by atoms with E-state index in [4.69, 9.17) is 16.3 Å². The summed E-state index contributed by atoms with van der Waals surface area (Å²) >= 11 is 5.98. The number of nitrogens with zero attached hydrogens (tertiary/aromatic N) is 1. The fraction of sp³-hybridized carbons (Fsp3) is 0.250. The minimum Gasteiger partial charge on any atom is -0.497 e. The fourth-order valence-electron chi connectivity index (χ4n) is 1.68. The van der Waals surface area contributed by atoms with Crippen molar-refractivity contribution in [3.63, 3.8) is 0 Å². The summed E-state index contributed by atoms with van der Waals surface area (Å²) in [5.74, 6) is 0.628. The van der Waals surface area contributed by atoms with Crippen LogP contribution in [0, 0.1) is 6.92 Å². The summed E-state index contributed by atoms with van der Waals surface area (Å²) < 4.78 is 30.3. The first-order valence-corrected chi connectivity index (χ1v) is 5.33. The molecule has 0 saturated heterocycles. The zero-order chi connectivity index (χ0) is 12.6. The Morgan fingerprint density at radius 2 is 2.00 bits per heavy atom. The number of rotatable bonds is 2. The molecule has 2 aromatic rings. The summed E-state index contributed by atoms with van der Waals surface area (Å²) in [5.41, 5.74) is 0.924. The summed E-state index contributed by atoms with van der Waals surface area (Å²) in [6.07, 6.45) is -2.63. The molecule has 0 atom stereocenters. The summed E-state index contributed by atoms with van der Waals surface area (Å²) in [6.45, 7) is 1.78. The normalized spacial score (nSPS) is 11.2. The van der Waals surface area contributed by atoms with Gasteiger partial charge in [0.25, 0.3) is 6.43 Å². The van der Waals surface area contributed by atoms with Gasteiger partial charge >= 0.3 is 0 Å². The highest BCUT2D eigenvalue weighted by Crippen LogP contribution is 2.32. The van der Waals surface area contributed by atoms with Crippen molar-refractivity contribution < 1.29 is 13.5 Å². The molecule has 0 amide bonds. The topological polar surface area (TPSA) is 22.1 Å². The predicted molar refractivity (Wildman–Crippen MR) is 63.0 cm³/mol. The molecule has 17 heavy (non-hydrogen) atoms. The lowest BCUT2D eigenvalue weighted by molar-refractivity contribution is 0.146. The van der Waals surface area contributed by atoms with Gasteiger partial charge in [-0.2, -0.15) is 0 Å². The highest BCUT2D eigenvalue weighted by molar-refractivity contribution is 6.35. The van der Waals surface area contributed by atoms with Gasteiger partial charge in [-0.1, -0.05) is 11.6 Å². The van der Waals surface area contributed by atoms with Crippen LogP contribution in [0.25, 0.3) is 10.9 Å². The molecule has 0 aliphatic heterocycles. The minimum absolute atomic E-state index is 0.257. The quantitative estimate of drug-likeness (QED) is 0.807. The number of methoxy groups -OCH3 is 1. The fourth-order valence-corrected chi connectivity index (χ4v) is 1.93. The van der Waals surface area contributed by atoms with Gasteiger partial charge in [-0.25, -0.2) is 13.8 Å². The zero-order valence-electron chi connectivity index (χ0n) is 9.30. The largest absolute Gasteiger partial charge is 0.497 e. The molecule has 1 heterocycles. The molecule has 0 aliphatic rings. The average molecular weight is 258 g/mol. The van der Waals surface area contributed by atoms with Crippen molar-refractivity contribution in [1.29, 1.82) is 0 Å². The monoisotopic (exact) mass is 257 g/mol. The van der Waals surface area contributed by atoms with E-state index in [1.807, 2.05) is 0 Å². The Labute approximate surface area is 102 Å². The van der Waals surface area contributed by atoms with Crippen LogP contribution in [0.5, 0.6) is 5.75 Å². The molecule has 0 radical (unpaired) electrons. The van der Waals surface area contributed by atoms with Gasteiger partial charge in [-0.05, 0) is 30.7 Å². The van der Waals surface area contributed by atoms with E-state index in [1.165, 1.54) is 13.2 Å². The van der Waals surface area contributed by atoms with Crippen LogP contribution >= 0.6 is 11.6 Å². The Morgan fingerprint density at radius 1 is 1.29 bits per heavy atom. The van der Waals surface area contributed by atoms with Crippen LogP contribution in [0.3, 0.4) is 0 Å². The smallest absolute Gasteiger partial charge is 0.280 e. The molecule has 0 N–H and O–H groups in total. The Morgan fingerprint density at radius 3 is 2.59 bits per heavy atom. The van der Waals surface area contributed by atoms with Crippen LogP contribution < -0.4 is 4.74 Å². The van der Waals surface area contributed by atoms with E-state index in [-0.39, 0.29) is 10.7 Å². The van der Waals surface area contributed by atoms with Gasteiger partial charge in [0.15, 0.2) is 0 Å². The van der Waals surface area contributed by atoms with E-state index in [0.717, 1.165) is 5.56 Å². The molecule has 1 aromatic heterocycles. The van der Waals surface area contributed by atoms with Crippen molar-refractivity contribution in [3.8, 4) is 5.75 Å². The van der Waals surface area contributed by atoms with Crippen LogP contribution in [-0.2, 0) is 0 Å². The lowest BCUT2D eigenvalue weighted by atomic mass is 10.1. The second-order valence-corrected chi connectivity index (χ2v) is 4.08. The van der Waals surface area contributed by atoms with E-state index < -0.39 is 6.43 Å².